The van der Waals surface area contributed by atoms with Crippen LogP contribution in [0.4, 0.5) is 0 Å². The van der Waals surface area contributed by atoms with Crippen LogP contribution in [0.5, 0.6) is 0 Å². The van der Waals surface area contributed by atoms with Crippen LogP contribution in [0.3, 0.4) is 0 Å². The molecule has 0 amide bonds. The SMILES string of the molecule is O=P([O-])([O-])[O-].[Cr+3].[Cu+2]. The maximum Gasteiger partial charge on any atom is 3.00 e. The molecule has 0 unspecified atom stereocenters. The van der Waals surface area contributed by atoms with Crippen LogP contribution in [-0.2, 0) is 39.0 Å². The monoisotopic (exact) mass is 210 g/mol. The van der Waals surface area contributed by atoms with E-state index < -0.39 is 7.82 Å². The molecule has 0 spiro atoms. The van der Waals surface area contributed by atoms with E-state index in [1.165, 1.54) is 0 Å². The van der Waals surface area contributed by atoms with Gasteiger partial charge in [0.05, 0.1) is 0 Å². The van der Waals surface area contributed by atoms with Crippen LogP contribution < -0.4 is 14.7 Å². The maximum atomic E-state index is 8.55. The second kappa shape index (κ2) is 5.30. The maximum absolute atomic E-state index is 8.55. The molecule has 0 saturated heterocycles. The van der Waals surface area contributed by atoms with Crippen molar-refractivity contribution in [3.05, 3.63) is 0 Å². The van der Waals surface area contributed by atoms with E-state index in [1.54, 1.807) is 0 Å². The smallest absolute Gasteiger partial charge is 0.822 e. The molecule has 0 aromatic heterocycles. The number of rotatable bonds is 0. The molecule has 7 heteroatoms. The quantitative estimate of drug-likeness (QED) is 0.319. The Morgan fingerprint density at radius 1 is 1.14 bits per heavy atom. The minimum absolute atomic E-state index is 0. The van der Waals surface area contributed by atoms with Crippen LogP contribution in [0.2, 0.25) is 0 Å². The molecule has 0 bridgehead atoms. The summed E-state index contributed by atoms with van der Waals surface area (Å²) in [6.07, 6.45) is 0. The molecule has 0 heterocycles. The van der Waals surface area contributed by atoms with Crippen molar-refractivity contribution in [1.29, 1.82) is 0 Å². The van der Waals surface area contributed by atoms with Crippen molar-refractivity contribution < 1.29 is 53.7 Å². The second-order valence-electron chi connectivity index (χ2n) is 0.447. The van der Waals surface area contributed by atoms with E-state index in [0.717, 1.165) is 0 Å². The minimum Gasteiger partial charge on any atom is -0.822 e. The van der Waals surface area contributed by atoms with E-state index >= 15 is 0 Å². The van der Waals surface area contributed by atoms with Gasteiger partial charge in [0.1, 0.15) is 0 Å². The molecule has 0 aliphatic rings. The van der Waals surface area contributed by atoms with E-state index in [2.05, 4.69) is 0 Å². The van der Waals surface area contributed by atoms with Gasteiger partial charge in [0, 0.05) is 0 Å². The standard InChI is InChI=1S/Cr.Cu.H3O4P/c;;1-5(2,3)4/h;;(H3,1,2,3,4)/q+3;+2;/p-3. The summed E-state index contributed by atoms with van der Waals surface area (Å²) in [4.78, 5) is 25.6. The van der Waals surface area contributed by atoms with Gasteiger partial charge in [-0.05, 0) is 0 Å². The summed E-state index contributed by atoms with van der Waals surface area (Å²) in [5, 5.41) is 0. The summed E-state index contributed by atoms with van der Waals surface area (Å²) < 4.78 is 8.55. The summed E-state index contributed by atoms with van der Waals surface area (Å²) in [5.74, 6) is 0. The van der Waals surface area contributed by atoms with E-state index in [9.17, 15) is 0 Å². The van der Waals surface area contributed by atoms with Crippen LogP contribution in [0.15, 0.2) is 0 Å². The van der Waals surface area contributed by atoms with E-state index in [1.807, 2.05) is 0 Å². The van der Waals surface area contributed by atoms with Gasteiger partial charge >= 0.3 is 34.4 Å². The van der Waals surface area contributed by atoms with Crippen LogP contribution in [-0.4, -0.2) is 0 Å². The van der Waals surface area contributed by atoms with Crippen LogP contribution in [0.1, 0.15) is 0 Å². The molecule has 0 aliphatic heterocycles. The number of phosphoric acid groups is 1. The predicted molar refractivity (Wildman–Crippen MR) is 7.61 cm³/mol. The zero-order chi connectivity index (χ0) is 4.50. The Hall–Kier alpha value is 1.16. The van der Waals surface area contributed by atoms with Crippen molar-refractivity contribution in [3.8, 4) is 0 Å². The number of hydrogen-bond acceptors (Lipinski definition) is 4. The Kier molecular flexibility index (Phi) is 11.9. The van der Waals surface area contributed by atoms with E-state index in [4.69, 9.17) is 19.2 Å². The Morgan fingerprint density at radius 2 is 1.14 bits per heavy atom. The predicted octanol–water partition coefficient (Wildman–Crippen LogP) is -2.83. The van der Waals surface area contributed by atoms with Crippen LogP contribution in [0.25, 0.3) is 0 Å². The van der Waals surface area contributed by atoms with Crippen LogP contribution >= 0.6 is 7.82 Å². The van der Waals surface area contributed by atoms with Gasteiger partial charge in [0.25, 0.3) is 0 Å². The van der Waals surface area contributed by atoms with Gasteiger partial charge < -0.3 is 19.2 Å². The Morgan fingerprint density at radius 3 is 1.14 bits per heavy atom. The molecule has 0 aliphatic carbocycles. The van der Waals surface area contributed by atoms with Crippen molar-refractivity contribution in [2.24, 2.45) is 0 Å². The fraction of sp³-hybridized carbons (Fsp3) is 0. The normalized spacial score (nSPS) is 8.43. The average Bonchev–Trinajstić information content (AvgIpc) is 0.722. The molecule has 0 fully saturated rings. The van der Waals surface area contributed by atoms with E-state index in [0.29, 0.717) is 0 Å². The molecule has 4 nitrogen and oxygen atoms in total. The van der Waals surface area contributed by atoms with Gasteiger partial charge in [-0.2, -0.15) is 7.82 Å². The Labute approximate surface area is 61.8 Å². The average molecular weight is 211 g/mol. The van der Waals surface area contributed by atoms with Crippen molar-refractivity contribution in [2.75, 3.05) is 0 Å². The molecule has 0 atom stereocenters. The van der Waals surface area contributed by atoms with Gasteiger partial charge in [0.15, 0.2) is 0 Å². The summed E-state index contributed by atoms with van der Waals surface area (Å²) in [6, 6.07) is 0. The molecule has 0 aromatic rings. The molecular weight excluding hydrogens is 211 g/mol. The first-order valence-corrected chi connectivity index (χ1v) is 2.19. The Bertz CT molecular complexity index is 57.8. The molecule has 0 rings (SSSR count). The zero-order valence-corrected chi connectivity index (χ0v) is 5.90. The zero-order valence-electron chi connectivity index (χ0n) is 2.79. The third kappa shape index (κ3) is 141. The summed E-state index contributed by atoms with van der Waals surface area (Å²) in [7, 11) is -5.39. The molecule has 0 saturated carbocycles. The molecular formula is CrCuO4P+2. The van der Waals surface area contributed by atoms with Crippen molar-refractivity contribution in [3.63, 3.8) is 0 Å². The van der Waals surface area contributed by atoms with Gasteiger partial charge in [-0.25, -0.2) is 0 Å². The summed E-state index contributed by atoms with van der Waals surface area (Å²) in [5.41, 5.74) is 0. The first kappa shape index (κ1) is 15.7. The largest absolute Gasteiger partial charge is 3.00 e. The second-order valence-corrected chi connectivity index (χ2v) is 1.34. The fourth-order valence-corrected chi connectivity index (χ4v) is 0. The third-order valence-corrected chi connectivity index (χ3v) is 0. The van der Waals surface area contributed by atoms with Gasteiger partial charge in [0.2, 0.25) is 0 Å². The van der Waals surface area contributed by atoms with Gasteiger partial charge in [-0.15, -0.1) is 0 Å². The molecule has 2 radical (unpaired) electrons. The van der Waals surface area contributed by atoms with Crippen molar-refractivity contribution in [1.82, 2.24) is 0 Å². The summed E-state index contributed by atoms with van der Waals surface area (Å²) >= 11 is 0. The van der Waals surface area contributed by atoms with E-state index in [-0.39, 0.29) is 34.4 Å². The third-order valence-electron chi connectivity index (χ3n) is 0. The van der Waals surface area contributed by atoms with Gasteiger partial charge in [-0.1, -0.05) is 0 Å². The molecule has 44 valence electrons. The first-order chi connectivity index (χ1) is 2.00. The van der Waals surface area contributed by atoms with Crippen molar-refractivity contribution >= 4 is 7.82 Å². The number of hydrogen-bond donors (Lipinski definition) is 0. The molecule has 0 N–H and O–H groups in total. The van der Waals surface area contributed by atoms with Crippen LogP contribution in [0, 0.1) is 0 Å². The topological polar surface area (TPSA) is 86.2 Å². The summed E-state index contributed by atoms with van der Waals surface area (Å²) in [6.45, 7) is 0. The first-order valence-electron chi connectivity index (χ1n) is 0.730. The molecule has 0 aromatic carbocycles. The fourth-order valence-electron chi connectivity index (χ4n) is 0. The molecule has 7 heavy (non-hydrogen) atoms. The van der Waals surface area contributed by atoms with Gasteiger partial charge in [-0.3, -0.25) is 0 Å². The van der Waals surface area contributed by atoms with Crippen molar-refractivity contribution in [2.45, 2.75) is 0 Å². The Balaban J connectivity index is -0.0000000800. The minimum atomic E-state index is -5.39.